The molecule has 114 valence electrons. The van der Waals surface area contributed by atoms with Crippen LogP contribution in [0.15, 0.2) is 17.0 Å². The molecule has 0 amide bonds. The molecule has 0 heterocycles. The van der Waals surface area contributed by atoms with E-state index in [1.807, 2.05) is 6.92 Å². The zero-order valence-electron chi connectivity index (χ0n) is 11.9. The molecule has 0 aliphatic carbocycles. The summed E-state index contributed by atoms with van der Waals surface area (Å²) in [5, 5.41) is 0.164. The van der Waals surface area contributed by atoms with Crippen LogP contribution in [0.25, 0.3) is 0 Å². The fraction of sp³-hybridized carbons (Fsp3) is 0.538. The minimum absolute atomic E-state index is 0.000488. The lowest BCUT2D eigenvalue weighted by molar-refractivity contribution is 0.171. The highest BCUT2D eigenvalue weighted by Crippen LogP contribution is 2.27. The van der Waals surface area contributed by atoms with Gasteiger partial charge in [0.05, 0.1) is 11.6 Å². The highest BCUT2D eigenvalue weighted by Gasteiger charge is 2.23. The first-order chi connectivity index (χ1) is 9.31. The van der Waals surface area contributed by atoms with Gasteiger partial charge in [0, 0.05) is 18.8 Å². The molecule has 0 spiro atoms. The van der Waals surface area contributed by atoms with Crippen molar-refractivity contribution in [1.82, 2.24) is 4.72 Å². The van der Waals surface area contributed by atoms with Crippen LogP contribution in [-0.2, 0) is 14.8 Å². The Balaban J connectivity index is 3.07. The monoisotopic (exact) mass is 320 g/mol. The Bertz CT molecular complexity index is 555. The molecule has 1 atom stereocenters. The number of hydrogen-bond acceptors (Lipinski definition) is 4. The number of sulfonamides is 1. The Labute approximate surface area is 125 Å². The largest absolute Gasteiger partial charge is 0.398 e. The van der Waals surface area contributed by atoms with Crippen molar-refractivity contribution in [2.45, 2.75) is 37.6 Å². The number of benzene rings is 1. The van der Waals surface area contributed by atoms with E-state index in [1.165, 1.54) is 13.2 Å². The number of ether oxygens (including phenoxy) is 1. The van der Waals surface area contributed by atoms with Crippen molar-refractivity contribution in [3.8, 4) is 0 Å². The van der Waals surface area contributed by atoms with Gasteiger partial charge in [-0.2, -0.15) is 0 Å². The van der Waals surface area contributed by atoms with Gasteiger partial charge in [-0.3, -0.25) is 0 Å². The van der Waals surface area contributed by atoms with Gasteiger partial charge in [-0.1, -0.05) is 24.9 Å². The van der Waals surface area contributed by atoms with E-state index in [1.54, 1.807) is 13.0 Å². The summed E-state index contributed by atoms with van der Waals surface area (Å²) in [5.41, 5.74) is 6.90. The Hall–Kier alpha value is -0.820. The summed E-state index contributed by atoms with van der Waals surface area (Å²) in [6.45, 7) is 4.07. The average molecular weight is 321 g/mol. The van der Waals surface area contributed by atoms with Crippen LogP contribution in [0.2, 0.25) is 5.02 Å². The molecule has 0 aliphatic heterocycles. The average Bonchev–Trinajstić information content (AvgIpc) is 2.33. The molecule has 1 aromatic rings. The van der Waals surface area contributed by atoms with E-state index in [2.05, 4.69) is 4.72 Å². The Kier molecular flexibility index (Phi) is 6.26. The van der Waals surface area contributed by atoms with Crippen LogP contribution < -0.4 is 10.5 Å². The number of methoxy groups -OCH3 is 1. The van der Waals surface area contributed by atoms with Gasteiger partial charge in [-0.05, 0) is 31.0 Å². The first kappa shape index (κ1) is 17.2. The van der Waals surface area contributed by atoms with Gasteiger partial charge in [0.25, 0.3) is 0 Å². The summed E-state index contributed by atoms with van der Waals surface area (Å²) in [4.78, 5) is -0.000488. The first-order valence-corrected chi connectivity index (χ1v) is 8.24. The number of nitrogens with two attached hydrogens (primary N) is 1. The van der Waals surface area contributed by atoms with E-state index < -0.39 is 10.0 Å². The maximum absolute atomic E-state index is 12.4. The number of hydrogen-bond donors (Lipinski definition) is 2. The van der Waals surface area contributed by atoms with E-state index in [0.717, 1.165) is 12.0 Å². The van der Waals surface area contributed by atoms with Crippen molar-refractivity contribution in [3.63, 3.8) is 0 Å². The second-order valence-electron chi connectivity index (χ2n) is 4.70. The summed E-state index contributed by atoms with van der Waals surface area (Å²) >= 11 is 6.02. The maximum atomic E-state index is 12.4. The lowest BCUT2D eigenvalue weighted by atomic mass is 10.2. The van der Waals surface area contributed by atoms with E-state index in [-0.39, 0.29) is 16.0 Å². The highest BCUT2D eigenvalue weighted by molar-refractivity contribution is 7.89. The SMILES string of the molecule is CCCC(COC)NS(=O)(=O)c1cc(N)c(C)cc1Cl. The number of halogens is 1. The molecule has 1 rings (SSSR count). The van der Waals surface area contributed by atoms with Crippen LogP contribution >= 0.6 is 11.6 Å². The van der Waals surface area contributed by atoms with Crippen LogP contribution in [0.1, 0.15) is 25.3 Å². The highest BCUT2D eigenvalue weighted by atomic mass is 35.5. The molecule has 0 fully saturated rings. The Morgan fingerprint density at radius 2 is 2.10 bits per heavy atom. The van der Waals surface area contributed by atoms with Gasteiger partial charge < -0.3 is 10.5 Å². The number of aryl methyl sites for hydroxylation is 1. The van der Waals surface area contributed by atoms with Gasteiger partial charge in [0.2, 0.25) is 10.0 Å². The molecule has 1 unspecified atom stereocenters. The molecular weight excluding hydrogens is 300 g/mol. The van der Waals surface area contributed by atoms with Gasteiger partial charge in [0.15, 0.2) is 0 Å². The summed E-state index contributed by atoms with van der Waals surface area (Å²) < 4.78 is 32.4. The van der Waals surface area contributed by atoms with E-state index in [4.69, 9.17) is 22.1 Å². The second kappa shape index (κ2) is 7.26. The third kappa shape index (κ3) is 4.34. The fourth-order valence-corrected chi connectivity index (χ4v) is 3.76. The number of rotatable bonds is 7. The van der Waals surface area contributed by atoms with Crippen molar-refractivity contribution < 1.29 is 13.2 Å². The molecule has 1 aromatic carbocycles. The molecule has 7 heteroatoms. The van der Waals surface area contributed by atoms with Crippen molar-refractivity contribution in [3.05, 3.63) is 22.7 Å². The standard InChI is InChI=1S/C13H21ClN2O3S/c1-4-5-10(8-19-3)16-20(17,18)13-7-12(15)9(2)6-11(13)14/h6-7,10,16H,4-5,8,15H2,1-3H3. The van der Waals surface area contributed by atoms with E-state index in [9.17, 15) is 8.42 Å². The van der Waals surface area contributed by atoms with Gasteiger partial charge >= 0.3 is 0 Å². The topological polar surface area (TPSA) is 81.4 Å². The second-order valence-corrected chi connectivity index (χ2v) is 6.79. The maximum Gasteiger partial charge on any atom is 0.242 e. The van der Waals surface area contributed by atoms with Crippen molar-refractivity contribution in [2.24, 2.45) is 0 Å². The van der Waals surface area contributed by atoms with Crippen molar-refractivity contribution >= 4 is 27.3 Å². The minimum atomic E-state index is -3.72. The lowest BCUT2D eigenvalue weighted by Gasteiger charge is -2.18. The molecule has 0 aromatic heterocycles. The molecule has 0 radical (unpaired) electrons. The molecule has 20 heavy (non-hydrogen) atoms. The van der Waals surface area contributed by atoms with Gasteiger partial charge in [-0.15, -0.1) is 0 Å². The molecule has 3 N–H and O–H groups in total. The molecule has 0 saturated heterocycles. The van der Waals surface area contributed by atoms with Crippen LogP contribution in [0.5, 0.6) is 0 Å². The summed E-state index contributed by atoms with van der Waals surface area (Å²) in [5.74, 6) is 0. The number of anilines is 1. The third-order valence-corrected chi connectivity index (χ3v) is 4.92. The minimum Gasteiger partial charge on any atom is -0.398 e. The molecule has 5 nitrogen and oxygen atoms in total. The van der Waals surface area contributed by atoms with Crippen molar-refractivity contribution in [2.75, 3.05) is 19.5 Å². The predicted octanol–water partition coefficient (Wildman–Crippen LogP) is 2.32. The Morgan fingerprint density at radius 3 is 2.65 bits per heavy atom. The van der Waals surface area contributed by atoms with Crippen LogP contribution in [0.3, 0.4) is 0 Å². The molecule has 0 bridgehead atoms. The number of nitrogen functional groups attached to an aromatic ring is 1. The Morgan fingerprint density at radius 1 is 1.45 bits per heavy atom. The van der Waals surface area contributed by atoms with Gasteiger partial charge in [0.1, 0.15) is 4.90 Å². The predicted molar refractivity (Wildman–Crippen MR) is 81.5 cm³/mol. The van der Waals surface area contributed by atoms with Crippen LogP contribution in [-0.4, -0.2) is 28.2 Å². The van der Waals surface area contributed by atoms with Crippen molar-refractivity contribution in [1.29, 1.82) is 0 Å². The first-order valence-electron chi connectivity index (χ1n) is 6.38. The number of nitrogens with one attached hydrogen (secondary N) is 1. The van der Waals surface area contributed by atoms with Gasteiger partial charge in [-0.25, -0.2) is 13.1 Å². The summed E-state index contributed by atoms with van der Waals surface area (Å²) in [6.07, 6.45) is 1.53. The third-order valence-electron chi connectivity index (χ3n) is 2.94. The van der Waals surface area contributed by atoms with E-state index in [0.29, 0.717) is 18.7 Å². The zero-order chi connectivity index (χ0) is 15.3. The lowest BCUT2D eigenvalue weighted by Crippen LogP contribution is -2.38. The molecular formula is C13H21ClN2O3S. The quantitative estimate of drug-likeness (QED) is 0.755. The molecule has 0 saturated carbocycles. The fourth-order valence-electron chi connectivity index (χ4n) is 1.88. The summed E-state index contributed by atoms with van der Waals surface area (Å²) in [7, 11) is -2.18. The smallest absolute Gasteiger partial charge is 0.242 e. The van der Waals surface area contributed by atoms with E-state index >= 15 is 0 Å². The zero-order valence-corrected chi connectivity index (χ0v) is 13.5. The normalized spacial score (nSPS) is 13.4. The van der Waals surface area contributed by atoms with Crippen LogP contribution in [0.4, 0.5) is 5.69 Å². The summed E-state index contributed by atoms with van der Waals surface area (Å²) in [6, 6.07) is 2.65. The van der Waals surface area contributed by atoms with Crippen LogP contribution in [0, 0.1) is 6.92 Å². The molecule has 0 aliphatic rings.